The smallest absolute Gasteiger partial charge is 0.271 e. The van der Waals surface area contributed by atoms with Gasteiger partial charge < -0.3 is 4.90 Å². The number of benzene rings is 2. The summed E-state index contributed by atoms with van der Waals surface area (Å²) in [5.41, 5.74) is 2.80. The second-order valence-electron chi connectivity index (χ2n) is 5.61. The van der Waals surface area contributed by atoms with Crippen molar-refractivity contribution in [1.29, 1.82) is 0 Å². The molecule has 0 N–H and O–H groups in total. The predicted molar refractivity (Wildman–Crippen MR) is 106 cm³/mol. The van der Waals surface area contributed by atoms with Gasteiger partial charge in [-0.05, 0) is 25.1 Å². The molecule has 0 aromatic heterocycles. The number of rotatable bonds is 2. The lowest BCUT2D eigenvalue weighted by atomic mass is 10.1. The Hall–Kier alpha value is -2.44. The normalized spacial score (nSPS) is 19.8. The number of thiocarbonyl (C=S) groups is 1. The van der Waals surface area contributed by atoms with Gasteiger partial charge in [-0.2, -0.15) is 0 Å². The molecule has 0 unspecified atom stereocenters. The van der Waals surface area contributed by atoms with E-state index >= 15 is 0 Å². The molecule has 2 aromatic rings. The van der Waals surface area contributed by atoms with Crippen LogP contribution in [0.2, 0.25) is 0 Å². The van der Waals surface area contributed by atoms with Gasteiger partial charge in [0.15, 0.2) is 4.32 Å². The quantitative estimate of drug-likeness (QED) is 0.598. The molecular weight excluding hydrogens is 352 g/mol. The molecule has 0 atom stereocenters. The molecule has 4 rings (SSSR count). The number of fused-ring (bicyclic) bond motifs is 1. The number of carbonyl (C=O) groups excluding carboxylic acids is 2. The molecule has 0 spiro atoms. The molecule has 4 nitrogen and oxygen atoms in total. The zero-order valence-corrected chi connectivity index (χ0v) is 15.1. The van der Waals surface area contributed by atoms with E-state index in [-0.39, 0.29) is 11.8 Å². The summed E-state index contributed by atoms with van der Waals surface area (Å²) in [5.74, 6) is -0.380. The van der Waals surface area contributed by atoms with Gasteiger partial charge >= 0.3 is 0 Å². The Kier molecular flexibility index (Phi) is 3.94. The van der Waals surface area contributed by atoms with E-state index in [2.05, 4.69) is 0 Å². The maximum atomic E-state index is 13.0. The van der Waals surface area contributed by atoms with Gasteiger partial charge in [-0.3, -0.25) is 14.5 Å². The van der Waals surface area contributed by atoms with Crippen LogP contribution in [0.1, 0.15) is 12.5 Å². The first-order chi connectivity index (χ1) is 12.1. The fourth-order valence-corrected chi connectivity index (χ4v) is 4.50. The molecule has 124 valence electrons. The summed E-state index contributed by atoms with van der Waals surface area (Å²) >= 11 is 6.61. The van der Waals surface area contributed by atoms with Crippen LogP contribution in [0.15, 0.2) is 59.5 Å². The molecule has 2 aliphatic heterocycles. The highest BCUT2D eigenvalue weighted by Crippen LogP contribution is 2.45. The number of carbonyl (C=O) groups is 2. The lowest BCUT2D eigenvalue weighted by molar-refractivity contribution is -0.115. The number of hydrogen-bond donors (Lipinski definition) is 0. The van der Waals surface area contributed by atoms with E-state index in [9.17, 15) is 9.59 Å². The van der Waals surface area contributed by atoms with Gasteiger partial charge in [-0.1, -0.05) is 60.4 Å². The number of likely N-dealkylation sites (N-methyl/N-ethyl adjacent to an activating group) is 1. The molecule has 6 heteroatoms. The summed E-state index contributed by atoms with van der Waals surface area (Å²) in [5, 5.41) is 0. The fourth-order valence-electron chi connectivity index (χ4n) is 3.13. The Morgan fingerprint density at radius 1 is 0.960 bits per heavy atom. The van der Waals surface area contributed by atoms with E-state index in [1.807, 2.05) is 61.5 Å². The zero-order valence-electron chi connectivity index (χ0n) is 13.4. The molecule has 1 fully saturated rings. The average Bonchev–Trinajstić information content (AvgIpc) is 3.07. The highest BCUT2D eigenvalue weighted by Gasteiger charge is 2.41. The molecule has 1 saturated heterocycles. The molecule has 2 aromatic carbocycles. The minimum absolute atomic E-state index is 0.141. The lowest BCUT2D eigenvalue weighted by Crippen LogP contribution is -2.29. The maximum absolute atomic E-state index is 13.0. The van der Waals surface area contributed by atoms with Crippen molar-refractivity contribution in [2.75, 3.05) is 16.3 Å². The van der Waals surface area contributed by atoms with Gasteiger partial charge in [-0.15, -0.1) is 0 Å². The Bertz CT molecular complexity index is 937. The minimum atomic E-state index is -0.239. The number of para-hydroxylation sites is 2. The summed E-state index contributed by atoms with van der Waals surface area (Å²) in [6.07, 6.45) is 0. The van der Waals surface area contributed by atoms with E-state index in [1.165, 1.54) is 16.7 Å². The largest absolute Gasteiger partial charge is 0.308 e. The highest BCUT2D eigenvalue weighted by atomic mass is 32.2. The molecule has 2 heterocycles. The number of amides is 2. The average molecular weight is 366 g/mol. The van der Waals surface area contributed by atoms with Crippen molar-refractivity contribution in [3.05, 3.63) is 65.1 Å². The van der Waals surface area contributed by atoms with Gasteiger partial charge in [0.2, 0.25) is 0 Å². The number of thioether (sulfide) groups is 1. The van der Waals surface area contributed by atoms with E-state index in [4.69, 9.17) is 12.2 Å². The van der Waals surface area contributed by atoms with Gasteiger partial charge in [0.25, 0.3) is 11.8 Å². The molecule has 0 saturated carbocycles. The zero-order chi connectivity index (χ0) is 17.6. The van der Waals surface area contributed by atoms with Crippen LogP contribution in [-0.2, 0) is 9.59 Å². The van der Waals surface area contributed by atoms with Crippen molar-refractivity contribution in [2.45, 2.75) is 6.92 Å². The Balaban J connectivity index is 1.86. The molecule has 0 radical (unpaired) electrons. The highest BCUT2D eigenvalue weighted by molar-refractivity contribution is 8.27. The van der Waals surface area contributed by atoms with Gasteiger partial charge in [0.1, 0.15) is 0 Å². The van der Waals surface area contributed by atoms with Crippen LogP contribution in [0.5, 0.6) is 0 Å². The van der Waals surface area contributed by atoms with Crippen LogP contribution in [0.4, 0.5) is 11.4 Å². The van der Waals surface area contributed by atoms with Crippen molar-refractivity contribution >= 4 is 57.1 Å². The molecular formula is C19H14N2O2S2. The SMILES string of the molecule is CCN1C(=O)/C(=C2\SC(=S)N(c3ccccc3)C2=O)c2ccccc21. The van der Waals surface area contributed by atoms with E-state index in [0.717, 1.165) is 11.3 Å². The summed E-state index contributed by atoms with van der Waals surface area (Å²) in [6.45, 7) is 2.48. The number of hydrogen-bond acceptors (Lipinski definition) is 4. The summed E-state index contributed by atoms with van der Waals surface area (Å²) < 4.78 is 0.443. The number of nitrogens with zero attached hydrogens (tertiary/aromatic N) is 2. The Labute approximate surface area is 155 Å². The topological polar surface area (TPSA) is 40.6 Å². The first kappa shape index (κ1) is 16.1. The molecule has 25 heavy (non-hydrogen) atoms. The van der Waals surface area contributed by atoms with Crippen molar-refractivity contribution < 1.29 is 9.59 Å². The summed E-state index contributed by atoms with van der Waals surface area (Å²) in [6, 6.07) is 16.8. The van der Waals surface area contributed by atoms with Crippen LogP contribution in [0, 0.1) is 0 Å². The van der Waals surface area contributed by atoms with Crippen molar-refractivity contribution in [3.63, 3.8) is 0 Å². The minimum Gasteiger partial charge on any atom is -0.308 e. The standard InChI is InChI=1S/C19H14N2O2S2/c1-2-20-14-11-7-6-10-13(14)15(17(20)22)16-18(23)21(19(24)25-16)12-8-4-3-5-9-12/h3-11H,2H2,1H3/b16-15-. The third kappa shape index (κ3) is 2.41. The van der Waals surface area contributed by atoms with Crippen molar-refractivity contribution in [2.24, 2.45) is 0 Å². The van der Waals surface area contributed by atoms with E-state index in [0.29, 0.717) is 27.0 Å². The predicted octanol–water partition coefficient (Wildman–Crippen LogP) is 3.83. The second kappa shape index (κ2) is 6.13. The van der Waals surface area contributed by atoms with Gasteiger partial charge in [0, 0.05) is 12.1 Å². The Morgan fingerprint density at radius 3 is 2.36 bits per heavy atom. The van der Waals surface area contributed by atoms with Crippen LogP contribution in [-0.4, -0.2) is 22.7 Å². The first-order valence-corrected chi connectivity index (χ1v) is 9.12. The second-order valence-corrected chi connectivity index (χ2v) is 7.26. The monoisotopic (exact) mass is 366 g/mol. The third-order valence-corrected chi connectivity index (χ3v) is 5.62. The molecule has 0 bridgehead atoms. The van der Waals surface area contributed by atoms with Crippen LogP contribution >= 0.6 is 24.0 Å². The first-order valence-electron chi connectivity index (χ1n) is 7.90. The van der Waals surface area contributed by atoms with E-state index < -0.39 is 0 Å². The molecule has 2 aliphatic rings. The van der Waals surface area contributed by atoms with Gasteiger partial charge in [-0.25, -0.2) is 0 Å². The Morgan fingerprint density at radius 2 is 1.64 bits per heavy atom. The van der Waals surface area contributed by atoms with Gasteiger partial charge in [0.05, 0.1) is 21.9 Å². The van der Waals surface area contributed by atoms with Crippen molar-refractivity contribution in [3.8, 4) is 0 Å². The lowest BCUT2D eigenvalue weighted by Gasteiger charge is -2.14. The number of anilines is 2. The fraction of sp³-hybridized carbons (Fsp3) is 0.105. The molecule has 2 amide bonds. The summed E-state index contributed by atoms with van der Waals surface area (Å²) in [7, 11) is 0. The van der Waals surface area contributed by atoms with Crippen LogP contribution in [0.25, 0.3) is 5.57 Å². The summed E-state index contributed by atoms with van der Waals surface area (Å²) in [4.78, 5) is 29.6. The van der Waals surface area contributed by atoms with Crippen LogP contribution < -0.4 is 9.80 Å². The van der Waals surface area contributed by atoms with E-state index in [1.54, 1.807) is 4.90 Å². The third-order valence-electron chi connectivity index (χ3n) is 4.25. The maximum Gasteiger partial charge on any atom is 0.271 e. The van der Waals surface area contributed by atoms with Crippen LogP contribution in [0.3, 0.4) is 0 Å². The molecule has 0 aliphatic carbocycles. The van der Waals surface area contributed by atoms with Crippen molar-refractivity contribution in [1.82, 2.24) is 0 Å².